The Morgan fingerprint density at radius 2 is 1.87 bits per heavy atom. The van der Waals surface area contributed by atoms with E-state index in [1.807, 2.05) is 36.4 Å². The number of carbonyl (C=O) groups is 1. The summed E-state index contributed by atoms with van der Waals surface area (Å²) in [6, 6.07) is 11.1. The van der Waals surface area contributed by atoms with Gasteiger partial charge in [-0.25, -0.2) is 5.01 Å². The van der Waals surface area contributed by atoms with Crippen LogP contribution >= 0.6 is 11.8 Å². The minimum Gasteiger partial charge on any atom is -0.493 e. The zero-order chi connectivity index (χ0) is 22.0. The van der Waals surface area contributed by atoms with Gasteiger partial charge in [0.15, 0.2) is 22.8 Å². The Morgan fingerprint density at radius 1 is 1.16 bits per heavy atom. The van der Waals surface area contributed by atoms with Crippen molar-refractivity contribution in [2.24, 2.45) is 10.1 Å². The SMILES string of the molecule is C=CCSC1=NN2C(=c3ccccc3=N[C@H]2c2cc(OC)c(OC)c(OC)c2)C(=O)N1. The highest BCUT2D eigenvalue weighted by Gasteiger charge is 2.35. The first-order chi connectivity index (χ1) is 15.1. The summed E-state index contributed by atoms with van der Waals surface area (Å²) in [4.78, 5) is 18.0. The van der Waals surface area contributed by atoms with E-state index in [-0.39, 0.29) is 5.91 Å². The predicted molar refractivity (Wildman–Crippen MR) is 120 cm³/mol. The lowest BCUT2D eigenvalue weighted by Crippen LogP contribution is -2.50. The summed E-state index contributed by atoms with van der Waals surface area (Å²) < 4.78 is 16.5. The minimum atomic E-state index is -0.594. The van der Waals surface area contributed by atoms with Gasteiger partial charge in [0.2, 0.25) is 5.75 Å². The van der Waals surface area contributed by atoms with Gasteiger partial charge in [0.05, 0.1) is 26.7 Å². The number of hydrazone groups is 1. The number of methoxy groups -OCH3 is 3. The van der Waals surface area contributed by atoms with Gasteiger partial charge in [-0.2, -0.15) is 0 Å². The van der Waals surface area contributed by atoms with E-state index in [0.717, 1.165) is 10.8 Å². The average molecular weight is 439 g/mol. The average Bonchev–Trinajstić information content (AvgIpc) is 2.80. The van der Waals surface area contributed by atoms with E-state index in [2.05, 4.69) is 11.9 Å². The number of hydrogen-bond acceptors (Lipinski definition) is 8. The molecule has 0 saturated heterocycles. The Hall–Kier alpha value is -3.46. The Kier molecular flexibility index (Phi) is 5.85. The summed E-state index contributed by atoms with van der Waals surface area (Å²) in [5.74, 6) is 1.86. The van der Waals surface area contributed by atoms with Crippen molar-refractivity contribution in [3.8, 4) is 17.2 Å². The third-order valence-electron chi connectivity index (χ3n) is 4.84. The molecule has 8 nitrogen and oxygen atoms in total. The number of ether oxygens (including phenoxy) is 3. The summed E-state index contributed by atoms with van der Waals surface area (Å²) in [6.07, 6.45) is 1.16. The molecule has 4 rings (SSSR count). The summed E-state index contributed by atoms with van der Waals surface area (Å²) in [5, 5.41) is 11.1. The summed E-state index contributed by atoms with van der Waals surface area (Å²) in [6.45, 7) is 3.73. The molecule has 2 aliphatic heterocycles. The summed E-state index contributed by atoms with van der Waals surface area (Å²) >= 11 is 1.39. The maximum atomic E-state index is 13.1. The molecular formula is C22H22N4O4S. The molecule has 1 atom stereocenters. The quantitative estimate of drug-likeness (QED) is 0.692. The standard InChI is InChI=1S/C22H22N4O4S/c1-5-10-31-22-24-21(27)18-14-8-6-7-9-15(14)23-20(26(18)25-22)13-11-16(28-2)19(30-4)17(12-13)29-3/h5-9,11-12,20H,1,10H2,2-4H3,(H,24,25,27)/t20-/m1/s1. The molecule has 2 aromatic carbocycles. The zero-order valence-corrected chi connectivity index (χ0v) is 18.2. The van der Waals surface area contributed by atoms with Gasteiger partial charge >= 0.3 is 0 Å². The third kappa shape index (κ3) is 3.72. The molecule has 2 aliphatic rings. The number of hydrogen-bond donors (Lipinski definition) is 1. The number of nitrogens with zero attached hydrogens (tertiary/aromatic N) is 3. The Balaban J connectivity index is 1.93. The molecule has 1 N–H and O–H groups in total. The van der Waals surface area contributed by atoms with Crippen LogP contribution in [-0.4, -0.2) is 43.2 Å². The van der Waals surface area contributed by atoms with E-state index >= 15 is 0 Å². The zero-order valence-electron chi connectivity index (χ0n) is 17.4. The highest BCUT2D eigenvalue weighted by atomic mass is 32.2. The molecule has 0 aliphatic carbocycles. The number of carbonyl (C=O) groups excluding carboxylic acids is 1. The summed E-state index contributed by atoms with van der Waals surface area (Å²) in [7, 11) is 4.67. The molecule has 31 heavy (non-hydrogen) atoms. The van der Waals surface area contributed by atoms with Crippen LogP contribution in [0.3, 0.4) is 0 Å². The smallest absolute Gasteiger partial charge is 0.276 e. The van der Waals surface area contributed by atoms with Crippen molar-refractivity contribution in [1.82, 2.24) is 10.3 Å². The van der Waals surface area contributed by atoms with Gasteiger partial charge in [0.1, 0.15) is 5.70 Å². The second-order valence-corrected chi connectivity index (χ2v) is 7.64. The molecule has 160 valence electrons. The van der Waals surface area contributed by atoms with Crippen molar-refractivity contribution < 1.29 is 19.0 Å². The van der Waals surface area contributed by atoms with Gasteiger partial charge in [-0.1, -0.05) is 36.0 Å². The van der Waals surface area contributed by atoms with Gasteiger partial charge in [0, 0.05) is 16.5 Å². The first-order valence-electron chi connectivity index (χ1n) is 9.51. The number of rotatable bonds is 6. The number of nitrogens with one attached hydrogen (secondary N) is 1. The van der Waals surface area contributed by atoms with E-state index in [1.165, 1.54) is 11.8 Å². The Labute approximate surface area is 183 Å². The fourth-order valence-corrected chi connectivity index (χ4v) is 4.08. The fourth-order valence-electron chi connectivity index (χ4n) is 3.50. The van der Waals surface area contributed by atoms with Crippen LogP contribution in [0.2, 0.25) is 0 Å². The van der Waals surface area contributed by atoms with Crippen LogP contribution in [-0.2, 0) is 4.79 Å². The van der Waals surface area contributed by atoms with Gasteiger partial charge in [0.25, 0.3) is 5.91 Å². The predicted octanol–water partition coefficient (Wildman–Crippen LogP) is 1.77. The second-order valence-electron chi connectivity index (χ2n) is 6.63. The van der Waals surface area contributed by atoms with Crippen LogP contribution < -0.4 is 30.1 Å². The molecule has 0 fully saturated rings. The molecule has 9 heteroatoms. The van der Waals surface area contributed by atoms with E-state index in [9.17, 15) is 4.79 Å². The van der Waals surface area contributed by atoms with Crippen LogP contribution in [0.1, 0.15) is 11.7 Å². The van der Waals surface area contributed by atoms with Crippen LogP contribution in [0.5, 0.6) is 17.2 Å². The maximum Gasteiger partial charge on any atom is 0.276 e. The van der Waals surface area contributed by atoms with Crippen molar-refractivity contribution >= 4 is 28.5 Å². The van der Waals surface area contributed by atoms with E-state index in [1.54, 1.807) is 32.4 Å². The van der Waals surface area contributed by atoms with Crippen molar-refractivity contribution in [3.05, 3.63) is 65.2 Å². The van der Waals surface area contributed by atoms with Crippen molar-refractivity contribution in [2.45, 2.75) is 6.17 Å². The van der Waals surface area contributed by atoms with Gasteiger partial charge in [-0.3, -0.25) is 15.1 Å². The molecule has 0 radical (unpaired) electrons. The molecule has 0 unspecified atom stereocenters. The van der Waals surface area contributed by atoms with Crippen molar-refractivity contribution in [3.63, 3.8) is 0 Å². The highest BCUT2D eigenvalue weighted by Crippen LogP contribution is 2.42. The topological polar surface area (TPSA) is 84.8 Å². The minimum absolute atomic E-state index is 0.235. The Bertz CT molecular complexity index is 1170. The number of benzene rings is 2. The molecule has 0 bridgehead atoms. The van der Waals surface area contributed by atoms with Crippen molar-refractivity contribution in [2.75, 3.05) is 27.1 Å². The Morgan fingerprint density at radius 3 is 2.52 bits per heavy atom. The molecule has 0 aromatic heterocycles. The lowest BCUT2D eigenvalue weighted by atomic mass is 10.1. The lowest BCUT2D eigenvalue weighted by Gasteiger charge is -2.34. The number of fused-ring (bicyclic) bond motifs is 2. The van der Waals surface area contributed by atoms with Gasteiger partial charge in [-0.05, 0) is 18.2 Å². The number of amides is 1. The molecule has 0 spiro atoms. The van der Waals surface area contributed by atoms with E-state index in [4.69, 9.17) is 24.3 Å². The first kappa shape index (κ1) is 20.8. The van der Waals surface area contributed by atoms with Crippen LogP contribution in [0.4, 0.5) is 0 Å². The van der Waals surface area contributed by atoms with Gasteiger partial charge in [-0.15, -0.1) is 11.7 Å². The van der Waals surface area contributed by atoms with Crippen molar-refractivity contribution in [1.29, 1.82) is 0 Å². The number of thioether (sulfide) groups is 1. The molecule has 0 saturated carbocycles. The number of para-hydroxylation sites is 1. The van der Waals surface area contributed by atoms with E-state index in [0.29, 0.717) is 39.2 Å². The first-order valence-corrected chi connectivity index (χ1v) is 10.5. The van der Waals surface area contributed by atoms with Crippen LogP contribution in [0, 0.1) is 0 Å². The molecule has 1 amide bonds. The molecular weight excluding hydrogens is 416 g/mol. The second kappa shape index (κ2) is 8.73. The lowest BCUT2D eigenvalue weighted by molar-refractivity contribution is -0.116. The fraction of sp³-hybridized carbons (Fsp3) is 0.227. The largest absolute Gasteiger partial charge is 0.493 e. The molecule has 2 aromatic rings. The van der Waals surface area contributed by atoms with Gasteiger partial charge < -0.3 is 14.2 Å². The normalized spacial score (nSPS) is 16.9. The number of amidine groups is 1. The van der Waals surface area contributed by atoms with E-state index < -0.39 is 6.17 Å². The summed E-state index contributed by atoms with van der Waals surface area (Å²) in [5.41, 5.74) is 1.18. The van der Waals surface area contributed by atoms with Crippen LogP contribution in [0.15, 0.2) is 59.1 Å². The maximum absolute atomic E-state index is 13.1. The molecule has 2 heterocycles. The third-order valence-corrected chi connectivity index (χ3v) is 5.70. The highest BCUT2D eigenvalue weighted by molar-refractivity contribution is 8.14. The monoisotopic (exact) mass is 438 g/mol. The van der Waals surface area contributed by atoms with Crippen LogP contribution in [0.25, 0.3) is 5.70 Å².